The van der Waals surface area contributed by atoms with Crippen LogP contribution in [-0.2, 0) is 6.42 Å². The zero-order chi connectivity index (χ0) is 18.8. The summed E-state index contributed by atoms with van der Waals surface area (Å²) in [5.41, 5.74) is 5.90. The second kappa shape index (κ2) is 7.36. The summed E-state index contributed by atoms with van der Waals surface area (Å²) in [4.78, 5) is 0. The van der Waals surface area contributed by atoms with E-state index < -0.39 is 0 Å². The molecule has 0 saturated carbocycles. The van der Waals surface area contributed by atoms with Crippen LogP contribution in [0.4, 0.5) is 4.39 Å². The molecule has 0 aliphatic rings. The Morgan fingerprint density at radius 3 is 2.41 bits per heavy atom. The molecule has 3 heteroatoms. The molecule has 27 heavy (non-hydrogen) atoms. The van der Waals surface area contributed by atoms with Crippen LogP contribution in [0.5, 0.6) is 0 Å². The average molecular weight is 358 g/mol. The van der Waals surface area contributed by atoms with Gasteiger partial charge in [0, 0.05) is 5.39 Å². The lowest BCUT2D eigenvalue weighted by atomic mass is 9.89. The van der Waals surface area contributed by atoms with Gasteiger partial charge >= 0.3 is 0 Å². The van der Waals surface area contributed by atoms with Crippen LogP contribution in [0.1, 0.15) is 36.0 Å². The van der Waals surface area contributed by atoms with Crippen LogP contribution in [0.25, 0.3) is 16.6 Å². The molecule has 0 saturated heterocycles. The fraction of sp³-hybridized carbons (Fsp3) is 0.208. The number of hydrogen-bond donors (Lipinski definition) is 0. The van der Waals surface area contributed by atoms with Gasteiger partial charge in [0.25, 0.3) is 0 Å². The second-order valence-electron chi connectivity index (χ2n) is 7.15. The van der Waals surface area contributed by atoms with Gasteiger partial charge in [0.2, 0.25) is 0 Å². The van der Waals surface area contributed by atoms with E-state index in [9.17, 15) is 4.39 Å². The van der Waals surface area contributed by atoms with Gasteiger partial charge in [-0.05, 0) is 73.2 Å². The Kier molecular flexibility index (Phi) is 4.76. The molecule has 0 aliphatic carbocycles. The number of benzene rings is 3. The molecular weight excluding hydrogens is 335 g/mol. The molecule has 0 fully saturated rings. The fourth-order valence-corrected chi connectivity index (χ4v) is 3.60. The van der Waals surface area contributed by atoms with Crippen LogP contribution in [0.2, 0.25) is 0 Å². The van der Waals surface area contributed by atoms with E-state index in [0.29, 0.717) is 5.92 Å². The second-order valence-corrected chi connectivity index (χ2v) is 7.15. The quantitative estimate of drug-likeness (QED) is 0.415. The molecule has 0 bridgehead atoms. The molecule has 3 aromatic carbocycles. The summed E-state index contributed by atoms with van der Waals surface area (Å²) in [5.74, 6) is 0.241. The van der Waals surface area contributed by atoms with Crippen LogP contribution >= 0.6 is 0 Å². The summed E-state index contributed by atoms with van der Waals surface area (Å²) in [5, 5.41) is 5.62. The first kappa shape index (κ1) is 17.5. The number of aromatic nitrogens is 2. The molecular formula is C24H23FN2. The molecule has 4 rings (SSSR count). The Hall–Kier alpha value is -2.94. The van der Waals surface area contributed by atoms with Gasteiger partial charge in [-0.3, -0.25) is 0 Å². The highest BCUT2D eigenvalue weighted by Crippen LogP contribution is 2.28. The van der Waals surface area contributed by atoms with E-state index in [4.69, 9.17) is 0 Å². The van der Waals surface area contributed by atoms with Crippen molar-refractivity contribution >= 4 is 10.9 Å². The van der Waals surface area contributed by atoms with Gasteiger partial charge in [-0.2, -0.15) is 5.10 Å². The normalized spacial score (nSPS) is 12.4. The zero-order valence-electron chi connectivity index (χ0n) is 15.7. The van der Waals surface area contributed by atoms with Gasteiger partial charge in [-0.1, -0.05) is 42.8 Å². The maximum atomic E-state index is 13.2. The van der Waals surface area contributed by atoms with Crippen LogP contribution in [0.15, 0.2) is 72.9 Å². The Labute approximate surface area is 159 Å². The molecule has 0 aliphatic heterocycles. The Balaban J connectivity index is 1.64. The van der Waals surface area contributed by atoms with Crippen molar-refractivity contribution in [3.63, 3.8) is 0 Å². The number of hydrogen-bond acceptors (Lipinski definition) is 1. The van der Waals surface area contributed by atoms with Crippen molar-refractivity contribution in [2.45, 2.75) is 32.6 Å². The first-order valence-corrected chi connectivity index (χ1v) is 9.43. The van der Waals surface area contributed by atoms with Crippen LogP contribution < -0.4 is 0 Å². The Morgan fingerprint density at radius 1 is 0.963 bits per heavy atom. The summed E-state index contributed by atoms with van der Waals surface area (Å²) in [6, 6.07) is 21.8. The van der Waals surface area contributed by atoms with E-state index in [-0.39, 0.29) is 5.82 Å². The first-order valence-electron chi connectivity index (χ1n) is 9.43. The molecule has 0 spiro atoms. The summed E-state index contributed by atoms with van der Waals surface area (Å²) in [6.07, 6.45) is 4.01. The molecule has 0 N–H and O–H groups in total. The SMILES string of the molecule is CCC(Cc1ccc(C)cc1)c1ccc2c(cnn2-c2ccc(F)cc2)c1. The maximum absolute atomic E-state index is 13.2. The zero-order valence-corrected chi connectivity index (χ0v) is 15.7. The monoisotopic (exact) mass is 358 g/mol. The van der Waals surface area contributed by atoms with E-state index in [1.807, 2.05) is 10.9 Å². The van der Waals surface area contributed by atoms with Gasteiger partial charge in [-0.25, -0.2) is 9.07 Å². The third-order valence-electron chi connectivity index (χ3n) is 5.23. The smallest absolute Gasteiger partial charge is 0.123 e. The number of rotatable bonds is 5. The topological polar surface area (TPSA) is 17.8 Å². The van der Waals surface area contributed by atoms with Crippen LogP contribution in [0.3, 0.4) is 0 Å². The first-order chi connectivity index (χ1) is 13.1. The summed E-state index contributed by atoms with van der Waals surface area (Å²) < 4.78 is 15.1. The number of nitrogens with zero attached hydrogens (tertiary/aromatic N) is 2. The lowest BCUT2D eigenvalue weighted by Gasteiger charge is -2.16. The number of aryl methyl sites for hydroxylation is 1. The van der Waals surface area contributed by atoms with Crippen LogP contribution in [0, 0.1) is 12.7 Å². The van der Waals surface area contributed by atoms with Gasteiger partial charge in [0.15, 0.2) is 0 Å². The molecule has 1 heterocycles. The summed E-state index contributed by atoms with van der Waals surface area (Å²) >= 11 is 0. The van der Waals surface area contributed by atoms with E-state index in [1.165, 1.54) is 28.8 Å². The summed E-state index contributed by atoms with van der Waals surface area (Å²) in [6.45, 7) is 4.36. The van der Waals surface area contributed by atoms with Gasteiger partial charge in [0.05, 0.1) is 17.4 Å². The molecule has 136 valence electrons. The van der Waals surface area contributed by atoms with E-state index >= 15 is 0 Å². The molecule has 1 aromatic heterocycles. The van der Waals surface area contributed by atoms with Crippen molar-refractivity contribution < 1.29 is 4.39 Å². The molecule has 2 nitrogen and oxygen atoms in total. The van der Waals surface area contributed by atoms with Crippen molar-refractivity contribution in [2.75, 3.05) is 0 Å². The summed E-state index contributed by atoms with van der Waals surface area (Å²) in [7, 11) is 0. The Bertz CT molecular complexity index is 1050. The predicted octanol–water partition coefficient (Wildman–Crippen LogP) is 6.21. The molecule has 1 unspecified atom stereocenters. The number of halogens is 1. The molecule has 0 amide bonds. The largest absolute Gasteiger partial charge is 0.233 e. The van der Waals surface area contributed by atoms with Crippen molar-refractivity contribution in [3.05, 3.63) is 95.4 Å². The van der Waals surface area contributed by atoms with E-state index in [0.717, 1.165) is 29.4 Å². The third kappa shape index (κ3) is 3.63. The van der Waals surface area contributed by atoms with Crippen LogP contribution in [-0.4, -0.2) is 9.78 Å². The highest BCUT2D eigenvalue weighted by Gasteiger charge is 2.13. The fourth-order valence-electron chi connectivity index (χ4n) is 3.60. The number of fused-ring (bicyclic) bond motifs is 1. The lowest BCUT2D eigenvalue weighted by molar-refractivity contribution is 0.627. The van der Waals surface area contributed by atoms with E-state index in [2.05, 4.69) is 61.4 Å². The van der Waals surface area contributed by atoms with Gasteiger partial charge in [-0.15, -0.1) is 0 Å². The Morgan fingerprint density at radius 2 is 1.70 bits per heavy atom. The standard InChI is InChI=1S/C24H23FN2/c1-3-19(14-18-6-4-17(2)5-7-18)20-8-13-24-21(15-20)16-26-27(24)23-11-9-22(25)10-12-23/h4-13,15-16,19H,3,14H2,1-2H3. The van der Waals surface area contributed by atoms with Crippen molar-refractivity contribution in [1.29, 1.82) is 0 Å². The van der Waals surface area contributed by atoms with Gasteiger partial charge < -0.3 is 0 Å². The van der Waals surface area contributed by atoms with Crippen molar-refractivity contribution in [3.8, 4) is 5.69 Å². The minimum absolute atomic E-state index is 0.237. The molecule has 1 atom stereocenters. The molecule has 4 aromatic rings. The minimum Gasteiger partial charge on any atom is -0.233 e. The highest BCUT2D eigenvalue weighted by atomic mass is 19.1. The van der Waals surface area contributed by atoms with Gasteiger partial charge in [0.1, 0.15) is 5.82 Å². The maximum Gasteiger partial charge on any atom is 0.123 e. The highest BCUT2D eigenvalue weighted by molar-refractivity contribution is 5.81. The van der Waals surface area contributed by atoms with Crippen molar-refractivity contribution in [2.24, 2.45) is 0 Å². The lowest BCUT2D eigenvalue weighted by Crippen LogP contribution is -2.02. The molecule has 0 radical (unpaired) electrons. The van der Waals surface area contributed by atoms with Crippen molar-refractivity contribution in [1.82, 2.24) is 9.78 Å². The van der Waals surface area contributed by atoms with E-state index in [1.54, 1.807) is 12.1 Å². The third-order valence-corrected chi connectivity index (χ3v) is 5.23. The minimum atomic E-state index is -0.237. The average Bonchev–Trinajstić information content (AvgIpc) is 3.11. The predicted molar refractivity (Wildman–Crippen MR) is 109 cm³/mol.